The lowest BCUT2D eigenvalue weighted by molar-refractivity contribution is 0.0203. The lowest BCUT2D eigenvalue weighted by Gasteiger charge is -2.29. The Bertz CT molecular complexity index is 680. The molecule has 0 aliphatic heterocycles. The summed E-state index contributed by atoms with van der Waals surface area (Å²) in [5, 5.41) is 4.25. The van der Waals surface area contributed by atoms with Gasteiger partial charge in [0.1, 0.15) is 5.82 Å². The van der Waals surface area contributed by atoms with Crippen LogP contribution in [-0.2, 0) is 4.74 Å². The van der Waals surface area contributed by atoms with Crippen molar-refractivity contribution in [1.29, 1.82) is 0 Å². The third-order valence-corrected chi connectivity index (χ3v) is 4.81. The second-order valence-corrected chi connectivity index (χ2v) is 6.72. The van der Waals surface area contributed by atoms with E-state index in [0.29, 0.717) is 23.9 Å². The van der Waals surface area contributed by atoms with E-state index in [9.17, 15) is 0 Å². The Morgan fingerprint density at radius 1 is 1.13 bits per heavy atom. The molecule has 2 aliphatic carbocycles. The highest BCUT2D eigenvalue weighted by Crippen LogP contribution is 2.31. The lowest BCUT2D eigenvalue weighted by atomic mass is 9.93. The van der Waals surface area contributed by atoms with Gasteiger partial charge in [-0.15, -0.1) is 0 Å². The summed E-state index contributed by atoms with van der Waals surface area (Å²) < 4.78 is 6.00. The molecule has 4 rings (SSSR count). The van der Waals surface area contributed by atoms with E-state index in [4.69, 9.17) is 10.5 Å². The van der Waals surface area contributed by atoms with Crippen LogP contribution >= 0.6 is 0 Å². The van der Waals surface area contributed by atoms with Crippen LogP contribution < -0.4 is 11.1 Å². The molecular weight excluding hydrogens is 290 g/mol. The maximum absolute atomic E-state index is 6.00. The van der Waals surface area contributed by atoms with Gasteiger partial charge in [0.05, 0.1) is 17.0 Å². The number of ether oxygens (including phenoxy) is 1. The number of hydrogen-bond acceptors (Lipinski definition) is 6. The van der Waals surface area contributed by atoms with Crippen LogP contribution in [0.2, 0.25) is 0 Å². The third-order valence-electron chi connectivity index (χ3n) is 4.81. The zero-order valence-corrected chi connectivity index (χ0v) is 13.2. The minimum atomic E-state index is 0.424. The van der Waals surface area contributed by atoms with Gasteiger partial charge in [-0.25, -0.2) is 15.0 Å². The summed E-state index contributed by atoms with van der Waals surface area (Å²) in [6, 6.07) is 2.29. The number of fused-ring (bicyclic) bond motifs is 1. The van der Waals surface area contributed by atoms with E-state index in [2.05, 4.69) is 20.3 Å². The summed E-state index contributed by atoms with van der Waals surface area (Å²) in [5.41, 5.74) is 6.66. The Kier molecular flexibility index (Phi) is 3.99. The Labute approximate surface area is 135 Å². The third kappa shape index (κ3) is 3.52. The van der Waals surface area contributed by atoms with Gasteiger partial charge in [0, 0.05) is 25.0 Å². The summed E-state index contributed by atoms with van der Waals surface area (Å²) in [6.07, 6.45) is 11.0. The topological polar surface area (TPSA) is 86.0 Å². The number of nitrogens with one attached hydrogen (secondary N) is 1. The van der Waals surface area contributed by atoms with Crippen LogP contribution in [0.4, 0.5) is 11.8 Å². The highest BCUT2D eigenvalue weighted by Gasteiger charge is 2.26. The molecule has 23 heavy (non-hydrogen) atoms. The molecule has 0 spiro atoms. The summed E-state index contributed by atoms with van der Waals surface area (Å²) in [4.78, 5) is 13.0. The molecule has 0 atom stereocenters. The minimum Gasteiger partial charge on any atom is -0.383 e. The van der Waals surface area contributed by atoms with E-state index < -0.39 is 0 Å². The maximum atomic E-state index is 6.00. The van der Waals surface area contributed by atoms with Gasteiger partial charge in [0.15, 0.2) is 0 Å². The number of nitrogen functional groups attached to an aromatic ring is 1. The van der Waals surface area contributed by atoms with E-state index in [-0.39, 0.29) is 0 Å². The maximum Gasteiger partial charge on any atom is 0.223 e. The lowest BCUT2D eigenvalue weighted by Crippen LogP contribution is -2.30. The average molecular weight is 313 g/mol. The van der Waals surface area contributed by atoms with Gasteiger partial charge in [-0.2, -0.15) is 0 Å². The van der Waals surface area contributed by atoms with Crippen LogP contribution in [0.15, 0.2) is 18.5 Å². The molecule has 2 aliphatic rings. The van der Waals surface area contributed by atoms with Crippen molar-refractivity contribution in [2.45, 2.75) is 50.7 Å². The first-order valence-corrected chi connectivity index (χ1v) is 8.53. The molecule has 2 saturated carbocycles. The van der Waals surface area contributed by atoms with Crippen molar-refractivity contribution in [3.63, 3.8) is 0 Å². The number of nitrogens with zero attached hydrogens (tertiary/aromatic N) is 3. The van der Waals surface area contributed by atoms with E-state index in [1.165, 1.54) is 12.8 Å². The van der Waals surface area contributed by atoms with Crippen molar-refractivity contribution in [2.75, 3.05) is 17.7 Å². The Morgan fingerprint density at radius 2 is 1.96 bits per heavy atom. The first-order chi connectivity index (χ1) is 11.3. The molecule has 2 aromatic heterocycles. The monoisotopic (exact) mass is 313 g/mol. The van der Waals surface area contributed by atoms with Crippen LogP contribution in [0.3, 0.4) is 0 Å². The first-order valence-electron chi connectivity index (χ1n) is 8.53. The molecule has 0 unspecified atom stereocenters. The summed E-state index contributed by atoms with van der Waals surface area (Å²) in [7, 11) is 0. The molecule has 6 heteroatoms. The quantitative estimate of drug-likeness (QED) is 0.882. The molecule has 0 bridgehead atoms. The van der Waals surface area contributed by atoms with Crippen molar-refractivity contribution >= 4 is 22.7 Å². The van der Waals surface area contributed by atoms with Crippen molar-refractivity contribution in [1.82, 2.24) is 15.0 Å². The molecule has 0 amide bonds. The van der Waals surface area contributed by atoms with E-state index in [1.54, 1.807) is 12.4 Å². The van der Waals surface area contributed by atoms with E-state index >= 15 is 0 Å². The molecule has 0 saturated heterocycles. The van der Waals surface area contributed by atoms with Gasteiger partial charge in [0.2, 0.25) is 5.95 Å². The van der Waals surface area contributed by atoms with Gasteiger partial charge < -0.3 is 15.8 Å². The summed E-state index contributed by atoms with van der Waals surface area (Å²) in [5.74, 6) is 1.99. The van der Waals surface area contributed by atoms with E-state index in [0.717, 1.165) is 49.1 Å². The van der Waals surface area contributed by atoms with Gasteiger partial charge in [-0.05, 0) is 50.5 Å². The molecule has 2 heterocycles. The molecule has 0 radical (unpaired) electrons. The number of nitrogens with two attached hydrogens (primary N) is 1. The number of aromatic nitrogens is 3. The van der Waals surface area contributed by atoms with Crippen molar-refractivity contribution in [3.8, 4) is 0 Å². The van der Waals surface area contributed by atoms with Crippen LogP contribution in [0.25, 0.3) is 10.9 Å². The van der Waals surface area contributed by atoms with Gasteiger partial charge in [0.25, 0.3) is 0 Å². The number of rotatable bonds is 5. The number of pyridine rings is 1. The predicted molar refractivity (Wildman–Crippen MR) is 90.1 cm³/mol. The summed E-state index contributed by atoms with van der Waals surface area (Å²) >= 11 is 0. The first kappa shape index (κ1) is 14.6. The molecule has 122 valence electrons. The molecular formula is C17H23N5O. The van der Waals surface area contributed by atoms with E-state index in [1.807, 2.05) is 6.07 Å². The van der Waals surface area contributed by atoms with Crippen molar-refractivity contribution < 1.29 is 4.74 Å². The molecule has 3 N–H and O–H groups in total. The fourth-order valence-corrected chi connectivity index (χ4v) is 3.16. The van der Waals surface area contributed by atoms with Gasteiger partial charge in [-0.1, -0.05) is 0 Å². The second-order valence-electron chi connectivity index (χ2n) is 6.72. The van der Waals surface area contributed by atoms with Crippen LogP contribution in [0.1, 0.15) is 38.5 Å². The zero-order chi connectivity index (χ0) is 15.6. The molecule has 0 aromatic carbocycles. The van der Waals surface area contributed by atoms with Gasteiger partial charge in [-0.3, -0.25) is 0 Å². The van der Waals surface area contributed by atoms with Gasteiger partial charge >= 0.3 is 0 Å². The fourth-order valence-electron chi connectivity index (χ4n) is 3.16. The zero-order valence-electron chi connectivity index (χ0n) is 13.2. The SMILES string of the molecule is Nc1nccc2nc(NC3CCC(OCC4CC4)CC3)ncc12. The Balaban J connectivity index is 1.33. The second kappa shape index (κ2) is 6.28. The van der Waals surface area contributed by atoms with Crippen molar-refractivity contribution in [3.05, 3.63) is 18.5 Å². The highest BCUT2D eigenvalue weighted by atomic mass is 16.5. The molecule has 6 nitrogen and oxygen atoms in total. The Hall–Kier alpha value is -1.95. The normalized spacial score (nSPS) is 24.7. The average Bonchev–Trinajstić information content (AvgIpc) is 3.39. The number of hydrogen-bond donors (Lipinski definition) is 2. The molecule has 2 aromatic rings. The smallest absolute Gasteiger partial charge is 0.223 e. The Morgan fingerprint density at radius 3 is 2.74 bits per heavy atom. The summed E-state index contributed by atoms with van der Waals surface area (Å²) in [6.45, 7) is 0.964. The van der Waals surface area contributed by atoms with Crippen LogP contribution in [0.5, 0.6) is 0 Å². The van der Waals surface area contributed by atoms with Crippen LogP contribution in [-0.4, -0.2) is 33.7 Å². The fraction of sp³-hybridized carbons (Fsp3) is 0.588. The molecule has 2 fully saturated rings. The standard InChI is InChI=1S/C17H23N5O/c18-16-14-9-20-17(22-15(14)7-8-19-16)21-12-3-5-13(6-4-12)23-10-11-1-2-11/h7-9,11-13H,1-6,10H2,(H2,18,19)(H,20,21,22). The van der Waals surface area contributed by atoms with Crippen LogP contribution in [0, 0.1) is 5.92 Å². The van der Waals surface area contributed by atoms with Crippen molar-refractivity contribution in [2.24, 2.45) is 5.92 Å². The largest absolute Gasteiger partial charge is 0.383 e. The number of anilines is 2. The highest BCUT2D eigenvalue weighted by molar-refractivity contribution is 5.87. The minimum absolute atomic E-state index is 0.424. The predicted octanol–water partition coefficient (Wildman–Crippen LogP) is 2.76.